The van der Waals surface area contributed by atoms with Gasteiger partial charge in [-0.05, 0) is 13.8 Å². The lowest BCUT2D eigenvalue weighted by molar-refractivity contribution is 0.774. The van der Waals surface area contributed by atoms with Crippen LogP contribution in [0.3, 0.4) is 0 Å². The van der Waals surface area contributed by atoms with Gasteiger partial charge in [0.15, 0.2) is 10.8 Å². The molecule has 18 heavy (non-hydrogen) atoms. The molecule has 0 amide bonds. The maximum Gasteiger partial charge on any atom is 0.185 e. The van der Waals surface area contributed by atoms with Crippen molar-refractivity contribution >= 4 is 38.2 Å². The van der Waals surface area contributed by atoms with Crippen molar-refractivity contribution in [3.63, 3.8) is 0 Å². The number of thiazole rings is 2. The van der Waals surface area contributed by atoms with Crippen LogP contribution in [0.2, 0.25) is 0 Å². The zero-order valence-electron chi connectivity index (χ0n) is 10.4. The lowest BCUT2D eigenvalue weighted by Crippen LogP contribution is -1.99. The van der Waals surface area contributed by atoms with Crippen LogP contribution >= 0.6 is 22.7 Å². The highest BCUT2D eigenvalue weighted by Crippen LogP contribution is 2.28. The summed E-state index contributed by atoms with van der Waals surface area (Å²) in [5.41, 5.74) is 3.03. The van der Waals surface area contributed by atoms with E-state index >= 15 is 0 Å². The molecule has 3 aromatic rings. The van der Waals surface area contributed by atoms with Crippen molar-refractivity contribution in [1.82, 2.24) is 19.7 Å². The third-order valence-electron chi connectivity index (χ3n) is 2.63. The van der Waals surface area contributed by atoms with E-state index in [0.717, 1.165) is 38.4 Å². The Balaban J connectivity index is 1.80. The molecule has 0 unspecified atom stereocenters. The first-order valence-corrected chi connectivity index (χ1v) is 7.28. The molecule has 3 heterocycles. The lowest BCUT2D eigenvalue weighted by Gasteiger charge is -1.98. The Kier molecular flexibility index (Phi) is 2.79. The zero-order valence-corrected chi connectivity index (χ0v) is 12.0. The van der Waals surface area contributed by atoms with Crippen LogP contribution < -0.4 is 5.32 Å². The summed E-state index contributed by atoms with van der Waals surface area (Å²) < 4.78 is 2.97. The van der Waals surface area contributed by atoms with Gasteiger partial charge in [0.2, 0.25) is 0 Å². The predicted molar refractivity (Wildman–Crippen MR) is 75.3 cm³/mol. The van der Waals surface area contributed by atoms with E-state index in [1.807, 2.05) is 25.6 Å². The third-order valence-corrected chi connectivity index (χ3v) is 4.57. The number of aromatic nitrogens is 4. The van der Waals surface area contributed by atoms with Crippen molar-refractivity contribution in [2.24, 2.45) is 7.05 Å². The molecule has 94 valence electrons. The highest BCUT2D eigenvalue weighted by atomic mass is 32.1. The van der Waals surface area contributed by atoms with Crippen LogP contribution in [0.4, 0.5) is 5.13 Å². The second-order valence-corrected chi connectivity index (χ2v) is 6.15. The van der Waals surface area contributed by atoms with Gasteiger partial charge in [-0.1, -0.05) is 11.3 Å². The zero-order chi connectivity index (χ0) is 12.7. The molecule has 0 aliphatic rings. The van der Waals surface area contributed by atoms with E-state index in [1.54, 1.807) is 22.7 Å². The molecule has 0 fully saturated rings. The Morgan fingerprint density at radius 3 is 2.83 bits per heavy atom. The number of nitrogens with zero attached hydrogens (tertiary/aromatic N) is 4. The van der Waals surface area contributed by atoms with Crippen LogP contribution in [0, 0.1) is 13.8 Å². The van der Waals surface area contributed by atoms with Crippen molar-refractivity contribution in [2.75, 3.05) is 5.32 Å². The Labute approximate surface area is 113 Å². The van der Waals surface area contributed by atoms with Crippen molar-refractivity contribution in [1.29, 1.82) is 0 Å². The first kappa shape index (κ1) is 11.6. The van der Waals surface area contributed by atoms with E-state index in [2.05, 4.69) is 25.8 Å². The third kappa shape index (κ3) is 1.99. The van der Waals surface area contributed by atoms with Crippen LogP contribution in [0.25, 0.3) is 10.3 Å². The number of hydrogen-bond donors (Lipinski definition) is 1. The van der Waals surface area contributed by atoms with E-state index in [-0.39, 0.29) is 0 Å². The Morgan fingerprint density at radius 2 is 2.17 bits per heavy atom. The number of hydrogen-bond acceptors (Lipinski definition) is 6. The molecule has 0 spiro atoms. The topological polar surface area (TPSA) is 55.6 Å². The molecule has 0 saturated carbocycles. The average molecular weight is 279 g/mol. The molecule has 0 atom stereocenters. The van der Waals surface area contributed by atoms with Gasteiger partial charge in [-0.3, -0.25) is 0 Å². The normalized spacial score (nSPS) is 11.3. The molecule has 0 radical (unpaired) electrons. The Morgan fingerprint density at radius 1 is 1.33 bits per heavy atom. The molecule has 5 nitrogen and oxygen atoms in total. The maximum atomic E-state index is 4.54. The molecule has 1 N–H and O–H groups in total. The van der Waals surface area contributed by atoms with Gasteiger partial charge in [0.05, 0.1) is 27.6 Å². The van der Waals surface area contributed by atoms with E-state index in [9.17, 15) is 0 Å². The highest BCUT2D eigenvalue weighted by molar-refractivity contribution is 7.22. The van der Waals surface area contributed by atoms with Crippen molar-refractivity contribution in [3.8, 4) is 0 Å². The molecule has 0 bridgehead atoms. The fourth-order valence-electron chi connectivity index (χ4n) is 1.82. The monoisotopic (exact) mass is 279 g/mol. The number of fused-ring (bicyclic) bond motifs is 1. The standard InChI is InChI=1S/C11H13N5S2/c1-6-9-10(16(3)15-6)14-11(18-9)12-4-8-5-17-7(2)13-8/h5H,4H2,1-3H3,(H,12,14). The first-order valence-electron chi connectivity index (χ1n) is 5.58. The second kappa shape index (κ2) is 4.33. The summed E-state index contributed by atoms with van der Waals surface area (Å²) in [6.45, 7) is 4.74. The summed E-state index contributed by atoms with van der Waals surface area (Å²) in [6.07, 6.45) is 0. The lowest BCUT2D eigenvalue weighted by atomic mass is 10.5. The quantitative estimate of drug-likeness (QED) is 0.801. The minimum absolute atomic E-state index is 0.719. The van der Waals surface area contributed by atoms with Crippen molar-refractivity contribution in [2.45, 2.75) is 20.4 Å². The van der Waals surface area contributed by atoms with Gasteiger partial charge in [0.25, 0.3) is 0 Å². The molecular weight excluding hydrogens is 266 g/mol. The fraction of sp³-hybridized carbons (Fsp3) is 0.364. The minimum Gasteiger partial charge on any atom is -0.356 e. The van der Waals surface area contributed by atoms with Crippen LogP contribution in [-0.4, -0.2) is 19.7 Å². The van der Waals surface area contributed by atoms with Crippen LogP contribution in [0.15, 0.2) is 5.38 Å². The molecule has 3 aromatic heterocycles. The molecule has 0 saturated heterocycles. The molecule has 0 aliphatic heterocycles. The van der Waals surface area contributed by atoms with Gasteiger partial charge in [0.1, 0.15) is 0 Å². The van der Waals surface area contributed by atoms with Gasteiger partial charge in [0, 0.05) is 12.4 Å². The first-order chi connectivity index (χ1) is 8.63. The van der Waals surface area contributed by atoms with Crippen molar-refractivity contribution < 1.29 is 0 Å². The van der Waals surface area contributed by atoms with Gasteiger partial charge in [-0.2, -0.15) is 5.10 Å². The number of aryl methyl sites for hydroxylation is 3. The fourth-order valence-corrected chi connectivity index (χ4v) is 3.36. The van der Waals surface area contributed by atoms with Gasteiger partial charge >= 0.3 is 0 Å². The average Bonchev–Trinajstić information content (AvgIpc) is 2.97. The van der Waals surface area contributed by atoms with E-state index < -0.39 is 0 Å². The minimum atomic E-state index is 0.719. The second-order valence-electron chi connectivity index (χ2n) is 4.09. The SMILES string of the molecule is Cc1nc(CNc2nc3c(s2)c(C)nn3C)cs1. The molecule has 0 aliphatic carbocycles. The number of anilines is 1. The van der Waals surface area contributed by atoms with Crippen LogP contribution in [-0.2, 0) is 13.6 Å². The van der Waals surface area contributed by atoms with Crippen LogP contribution in [0.5, 0.6) is 0 Å². The summed E-state index contributed by atoms with van der Waals surface area (Å²) in [7, 11) is 1.92. The number of nitrogens with one attached hydrogen (secondary N) is 1. The Bertz CT molecular complexity index is 659. The largest absolute Gasteiger partial charge is 0.356 e. The summed E-state index contributed by atoms with van der Waals surface area (Å²) in [6, 6.07) is 0. The van der Waals surface area contributed by atoms with Gasteiger partial charge in [-0.25, -0.2) is 14.6 Å². The summed E-state index contributed by atoms with van der Waals surface area (Å²) in [5.74, 6) is 0. The molecular formula is C11H13N5S2. The summed E-state index contributed by atoms with van der Waals surface area (Å²) in [5, 5.41) is 11.7. The van der Waals surface area contributed by atoms with E-state index in [1.165, 1.54) is 0 Å². The molecule has 3 rings (SSSR count). The van der Waals surface area contributed by atoms with Gasteiger partial charge in [-0.15, -0.1) is 11.3 Å². The van der Waals surface area contributed by atoms with Gasteiger partial charge < -0.3 is 5.32 Å². The van der Waals surface area contributed by atoms with E-state index in [0.29, 0.717) is 0 Å². The molecule has 0 aromatic carbocycles. The summed E-state index contributed by atoms with van der Waals surface area (Å²) >= 11 is 3.31. The van der Waals surface area contributed by atoms with E-state index in [4.69, 9.17) is 0 Å². The number of rotatable bonds is 3. The predicted octanol–water partition coefficient (Wildman–Crippen LogP) is 2.72. The smallest absolute Gasteiger partial charge is 0.185 e. The van der Waals surface area contributed by atoms with Crippen molar-refractivity contribution in [3.05, 3.63) is 21.8 Å². The highest BCUT2D eigenvalue weighted by Gasteiger charge is 2.11. The van der Waals surface area contributed by atoms with Crippen LogP contribution in [0.1, 0.15) is 16.4 Å². The maximum absolute atomic E-state index is 4.54. The summed E-state index contributed by atoms with van der Waals surface area (Å²) in [4.78, 5) is 8.96. The molecule has 7 heteroatoms. The Hall–Kier alpha value is -1.47.